The normalized spacial score (nSPS) is 16.4. The van der Waals surface area contributed by atoms with Crippen LogP contribution in [0.25, 0.3) is 0 Å². The van der Waals surface area contributed by atoms with E-state index in [1.54, 1.807) is 0 Å². The van der Waals surface area contributed by atoms with Gasteiger partial charge in [-0.1, -0.05) is 23.9 Å². The van der Waals surface area contributed by atoms with E-state index < -0.39 is 5.41 Å². The van der Waals surface area contributed by atoms with Gasteiger partial charge in [0.05, 0.1) is 11.5 Å². The number of fused-ring (bicyclic) bond motifs is 2. The number of likely N-dealkylation sites (N-methyl/N-ethyl adjacent to an activating group) is 2. The van der Waals surface area contributed by atoms with Crippen LogP contribution in [0.3, 0.4) is 0 Å². The first-order valence-corrected chi connectivity index (χ1v) is 16.3. The zero-order valence-electron chi connectivity index (χ0n) is 27.3. The largest absolute Gasteiger partial charge is 0.358 e. The predicted octanol–water partition coefficient (Wildman–Crippen LogP) is 1.01. The lowest BCUT2D eigenvalue weighted by atomic mass is 9.69. The number of H-pyrrole nitrogens is 1. The molecule has 1 aliphatic heterocycles. The topological polar surface area (TPSA) is 176 Å². The minimum atomic E-state index is -0.826. The van der Waals surface area contributed by atoms with Gasteiger partial charge in [-0.25, -0.2) is 0 Å². The van der Waals surface area contributed by atoms with Gasteiger partial charge in [0.25, 0.3) is 11.8 Å². The molecule has 13 heteroatoms. The Kier molecular flexibility index (Phi) is 11.3. The maximum absolute atomic E-state index is 13.1. The van der Waals surface area contributed by atoms with Gasteiger partial charge in [-0.05, 0) is 99.3 Å². The second-order valence-corrected chi connectivity index (χ2v) is 12.1. The van der Waals surface area contributed by atoms with Gasteiger partial charge in [0, 0.05) is 56.1 Å². The number of aromatic amines is 1. The highest BCUT2D eigenvalue weighted by Gasteiger charge is 2.44. The molecule has 0 bridgehead atoms. The maximum atomic E-state index is 13.1. The van der Waals surface area contributed by atoms with Crippen molar-refractivity contribution in [2.24, 2.45) is 0 Å². The van der Waals surface area contributed by atoms with Gasteiger partial charge in [0.15, 0.2) is 5.82 Å². The maximum Gasteiger partial charge on any atom is 0.251 e. The van der Waals surface area contributed by atoms with Gasteiger partial charge in [-0.3, -0.25) is 9.59 Å². The number of aromatic nitrogens is 4. The Bertz CT molecular complexity index is 1520. The van der Waals surface area contributed by atoms with Crippen molar-refractivity contribution in [1.29, 1.82) is 5.26 Å². The number of hydrogen-bond donors (Lipinski definition) is 6. The number of aryl methyl sites for hydroxylation is 2. The summed E-state index contributed by atoms with van der Waals surface area (Å²) in [5.41, 5.74) is 5.28. The summed E-state index contributed by atoms with van der Waals surface area (Å²) >= 11 is 0. The van der Waals surface area contributed by atoms with E-state index in [9.17, 15) is 14.9 Å². The second kappa shape index (κ2) is 15.8. The standard InChI is InChI=1S/C34H45N11O2/c1-23(45-18-4-5-28(45)21-35)22-38-13-12-34(33-41-43-44-42-33)29-10-8-26(31(46)39-16-14-36-2)19-24(29)6-7-25-20-27(9-11-30(25)34)32(47)40-17-15-37-3/h8-11,19-20,28,36-38H,1,4-7,12-18,22H2,2-3H3,(H,39,46)(H,40,47)(H,41,42,43,44). The third-order valence-electron chi connectivity index (χ3n) is 9.18. The van der Waals surface area contributed by atoms with E-state index in [0.29, 0.717) is 75.5 Å². The number of likely N-dealkylation sites (tertiary alicyclic amines) is 1. The summed E-state index contributed by atoms with van der Waals surface area (Å²) in [6, 6.07) is 14.0. The highest BCUT2D eigenvalue weighted by Crippen LogP contribution is 2.46. The molecule has 0 spiro atoms. The third-order valence-corrected chi connectivity index (χ3v) is 9.18. The van der Waals surface area contributed by atoms with Crippen molar-refractivity contribution in [2.45, 2.75) is 43.6 Å². The Balaban J connectivity index is 1.51. The lowest BCUT2D eigenvalue weighted by Gasteiger charge is -2.34. The number of rotatable bonds is 15. The smallest absolute Gasteiger partial charge is 0.251 e. The molecule has 1 aliphatic carbocycles. The third kappa shape index (κ3) is 7.35. The molecule has 1 saturated heterocycles. The van der Waals surface area contributed by atoms with Gasteiger partial charge >= 0.3 is 0 Å². The lowest BCUT2D eigenvalue weighted by molar-refractivity contribution is 0.0946. The van der Waals surface area contributed by atoms with Crippen LogP contribution in [0.15, 0.2) is 48.7 Å². The quantitative estimate of drug-likeness (QED) is 0.132. The van der Waals surface area contributed by atoms with Crippen molar-refractivity contribution in [3.63, 3.8) is 0 Å². The number of carbonyl (C=O) groups excluding carboxylic acids is 2. The molecule has 47 heavy (non-hydrogen) atoms. The van der Waals surface area contributed by atoms with Gasteiger partial charge in [0.1, 0.15) is 6.04 Å². The molecule has 2 aromatic carbocycles. The Labute approximate surface area is 276 Å². The number of hydrogen-bond acceptors (Lipinski definition) is 10. The van der Waals surface area contributed by atoms with Crippen LogP contribution in [0.4, 0.5) is 0 Å². The van der Waals surface area contributed by atoms with Crippen molar-refractivity contribution >= 4 is 11.8 Å². The van der Waals surface area contributed by atoms with Crippen LogP contribution < -0.4 is 26.6 Å². The zero-order valence-corrected chi connectivity index (χ0v) is 27.3. The fourth-order valence-corrected chi connectivity index (χ4v) is 6.79. The van der Waals surface area contributed by atoms with Crippen LogP contribution in [-0.4, -0.2) is 103 Å². The molecule has 0 radical (unpaired) electrons. The lowest BCUT2D eigenvalue weighted by Crippen LogP contribution is -2.38. The van der Waals surface area contributed by atoms with E-state index in [1.165, 1.54) is 0 Å². The van der Waals surface area contributed by atoms with Crippen LogP contribution >= 0.6 is 0 Å². The first-order valence-electron chi connectivity index (χ1n) is 16.3. The zero-order chi connectivity index (χ0) is 33.2. The monoisotopic (exact) mass is 639 g/mol. The Morgan fingerprint density at radius 1 is 0.979 bits per heavy atom. The average Bonchev–Trinajstić information content (AvgIpc) is 3.79. The number of tetrazole rings is 1. The van der Waals surface area contributed by atoms with E-state index in [1.807, 2.05) is 50.5 Å². The number of benzene rings is 2. The Morgan fingerprint density at radius 3 is 2.13 bits per heavy atom. The predicted molar refractivity (Wildman–Crippen MR) is 179 cm³/mol. The number of nitriles is 1. The van der Waals surface area contributed by atoms with Crippen molar-refractivity contribution in [3.8, 4) is 6.07 Å². The van der Waals surface area contributed by atoms with Crippen LogP contribution in [0.2, 0.25) is 0 Å². The fourth-order valence-electron chi connectivity index (χ4n) is 6.79. The SMILES string of the molecule is C=C(CNCCC1(c2nn[nH]n2)c2ccc(C(=O)NCCNC)cc2CCc2cc(C(=O)NCCNC)ccc21)N1CCCC1C#N. The summed E-state index contributed by atoms with van der Waals surface area (Å²) in [5, 5.41) is 40.9. The molecule has 248 valence electrons. The highest BCUT2D eigenvalue weighted by molar-refractivity contribution is 5.95. The van der Waals surface area contributed by atoms with Crippen LogP contribution in [0.5, 0.6) is 0 Å². The molecular formula is C34H45N11O2. The van der Waals surface area contributed by atoms with Crippen molar-refractivity contribution in [2.75, 3.05) is 59.9 Å². The summed E-state index contributed by atoms with van der Waals surface area (Å²) in [6.07, 6.45) is 3.74. The molecular weight excluding hydrogens is 594 g/mol. The molecule has 6 N–H and O–H groups in total. The molecule has 5 rings (SSSR count). The highest BCUT2D eigenvalue weighted by atomic mass is 16.2. The number of carbonyl (C=O) groups is 2. The van der Waals surface area contributed by atoms with Crippen molar-refractivity contribution in [3.05, 3.63) is 87.9 Å². The van der Waals surface area contributed by atoms with Crippen LogP contribution in [0.1, 0.15) is 68.1 Å². The first-order chi connectivity index (χ1) is 22.9. The van der Waals surface area contributed by atoms with E-state index in [-0.39, 0.29) is 17.9 Å². The molecule has 13 nitrogen and oxygen atoms in total. The molecule has 2 heterocycles. The van der Waals surface area contributed by atoms with Gasteiger partial charge < -0.3 is 31.5 Å². The average molecular weight is 640 g/mol. The van der Waals surface area contributed by atoms with Crippen LogP contribution in [-0.2, 0) is 18.3 Å². The van der Waals surface area contributed by atoms with Gasteiger partial charge in [-0.2, -0.15) is 10.5 Å². The molecule has 3 aromatic rings. The van der Waals surface area contributed by atoms with E-state index >= 15 is 0 Å². The van der Waals surface area contributed by atoms with Crippen molar-refractivity contribution < 1.29 is 9.59 Å². The molecule has 0 saturated carbocycles. The van der Waals surface area contributed by atoms with E-state index in [4.69, 9.17) is 0 Å². The molecule has 1 atom stereocenters. The molecule has 2 aliphatic rings. The van der Waals surface area contributed by atoms with Gasteiger partial charge in [-0.15, -0.1) is 10.2 Å². The fraction of sp³-hybridized carbons (Fsp3) is 0.471. The number of amides is 2. The first kappa shape index (κ1) is 33.7. The van der Waals surface area contributed by atoms with Gasteiger partial charge in [0.2, 0.25) is 0 Å². The van der Waals surface area contributed by atoms with Crippen LogP contribution in [0, 0.1) is 11.3 Å². The summed E-state index contributed by atoms with van der Waals surface area (Å²) in [4.78, 5) is 28.3. The minimum absolute atomic E-state index is 0.131. The Hall–Kier alpha value is -4.64. The summed E-state index contributed by atoms with van der Waals surface area (Å²) in [6.45, 7) is 8.61. The molecule has 1 aromatic heterocycles. The molecule has 2 amide bonds. The second-order valence-electron chi connectivity index (χ2n) is 12.1. The molecule has 1 unspecified atom stereocenters. The van der Waals surface area contributed by atoms with E-state index in [0.717, 1.165) is 47.3 Å². The summed E-state index contributed by atoms with van der Waals surface area (Å²) < 4.78 is 0. The van der Waals surface area contributed by atoms with Crippen molar-refractivity contribution in [1.82, 2.24) is 52.1 Å². The summed E-state index contributed by atoms with van der Waals surface area (Å²) in [5.74, 6) is 0.255. The van der Waals surface area contributed by atoms with E-state index in [2.05, 4.69) is 64.8 Å². The number of nitrogens with zero attached hydrogens (tertiary/aromatic N) is 5. The number of nitrogens with one attached hydrogen (secondary N) is 6. The summed E-state index contributed by atoms with van der Waals surface area (Å²) in [7, 11) is 3.70. The Morgan fingerprint density at radius 2 is 1.60 bits per heavy atom. The minimum Gasteiger partial charge on any atom is -0.358 e. The molecule has 1 fully saturated rings.